The van der Waals surface area contributed by atoms with Crippen LogP contribution in [-0.2, 0) is 0 Å². The van der Waals surface area contributed by atoms with Crippen LogP contribution in [0, 0.1) is 5.82 Å². The van der Waals surface area contributed by atoms with Crippen molar-refractivity contribution in [3.8, 4) is 0 Å². The first kappa shape index (κ1) is 17.7. The van der Waals surface area contributed by atoms with E-state index in [1.54, 1.807) is 6.07 Å². The summed E-state index contributed by atoms with van der Waals surface area (Å²) >= 11 is 11.1. The molecule has 0 amide bonds. The largest absolute Gasteiger partial charge is 0.361 e. The Bertz CT molecular complexity index is 664. The standard InChI is InChI=1S/C17H19ClFN3S/c1-22(2)16(12-6-4-3-5-7-12)11-20-17(23)21-13-8-9-15(19)14(18)10-13/h3-10,16H,11H2,1-2H3,(H2,20,21,23)/t16-/m0/s1. The van der Waals surface area contributed by atoms with Gasteiger partial charge in [0.25, 0.3) is 0 Å². The summed E-state index contributed by atoms with van der Waals surface area (Å²) in [5.74, 6) is -0.451. The summed E-state index contributed by atoms with van der Waals surface area (Å²) in [5, 5.41) is 6.72. The van der Waals surface area contributed by atoms with E-state index in [9.17, 15) is 4.39 Å². The molecule has 122 valence electrons. The van der Waals surface area contributed by atoms with Gasteiger partial charge in [-0.25, -0.2) is 4.39 Å². The number of rotatable bonds is 5. The summed E-state index contributed by atoms with van der Waals surface area (Å²) in [5.41, 5.74) is 1.85. The Balaban J connectivity index is 1.95. The van der Waals surface area contributed by atoms with E-state index in [1.807, 2.05) is 32.3 Å². The van der Waals surface area contributed by atoms with Crippen molar-refractivity contribution in [3.63, 3.8) is 0 Å². The van der Waals surface area contributed by atoms with Crippen LogP contribution < -0.4 is 10.6 Å². The van der Waals surface area contributed by atoms with Crippen LogP contribution in [0.1, 0.15) is 11.6 Å². The second-order valence-electron chi connectivity index (χ2n) is 5.35. The molecule has 0 saturated heterocycles. The van der Waals surface area contributed by atoms with Gasteiger partial charge in [0.1, 0.15) is 5.82 Å². The van der Waals surface area contributed by atoms with Crippen LogP contribution in [0.2, 0.25) is 5.02 Å². The second-order valence-corrected chi connectivity index (χ2v) is 6.17. The molecule has 0 aliphatic rings. The van der Waals surface area contributed by atoms with E-state index in [0.717, 1.165) is 0 Å². The van der Waals surface area contributed by atoms with Gasteiger partial charge in [0, 0.05) is 12.2 Å². The minimum absolute atomic E-state index is 0.0632. The lowest BCUT2D eigenvalue weighted by atomic mass is 10.1. The topological polar surface area (TPSA) is 27.3 Å². The van der Waals surface area contributed by atoms with E-state index < -0.39 is 5.82 Å². The minimum Gasteiger partial charge on any atom is -0.361 e. The van der Waals surface area contributed by atoms with E-state index in [0.29, 0.717) is 17.3 Å². The summed E-state index contributed by atoms with van der Waals surface area (Å²) in [6, 6.07) is 14.8. The highest BCUT2D eigenvalue weighted by atomic mass is 35.5. The van der Waals surface area contributed by atoms with Crippen molar-refractivity contribution in [2.75, 3.05) is 26.0 Å². The van der Waals surface area contributed by atoms with E-state index in [2.05, 4.69) is 27.7 Å². The molecule has 0 aromatic heterocycles. The Labute approximate surface area is 146 Å². The van der Waals surface area contributed by atoms with Crippen molar-refractivity contribution < 1.29 is 4.39 Å². The Hall–Kier alpha value is -1.69. The zero-order valence-corrected chi connectivity index (χ0v) is 14.6. The number of anilines is 1. The average molecular weight is 352 g/mol. The predicted molar refractivity (Wildman–Crippen MR) is 98.5 cm³/mol. The third-order valence-corrected chi connectivity index (χ3v) is 3.98. The van der Waals surface area contributed by atoms with Gasteiger partial charge in [0.05, 0.1) is 11.1 Å². The van der Waals surface area contributed by atoms with Gasteiger partial charge in [0.2, 0.25) is 0 Å². The predicted octanol–water partition coefficient (Wildman–Crippen LogP) is 4.07. The zero-order valence-electron chi connectivity index (χ0n) is 13.0. The number of thiocarbonyl (C=S) groups is 1. The summed E-state index contributed by atoms with van der Waals surface area (Å²) < 4.78 is 13.2. The molecule has 0 aliphatic heterocycles. The molecule has 2 aromatic rings. The molecule has 0 aliphatic carbocycles. The highest BCUT2D eigenvalue weighted by Gasteiger charge is 2.14. The number of benzene rings is 2. The second kappa shape index (κ2) is 8.24. The van der Waals surface area contributed by atoms with Gasteiger partial charge in [0.15, 0.2) is 5.11 Å². The average Bonchev–Trinajstić information content (AvgIpc) is 2.52. The van der Waals surface area contributed by atoms with Crippen molar-refractivity contribution in [2.24, 2.45) is 0 Å². The number of likely N-dealkylation sites (N-methyl/N-ethyl adjacent to an activating group) is 1. The summed E-state index contributed by atoms with van der Waals surface area (Å²) in [7, 11) is 4.05. The lowest BCUT2D eigenvalue weighted by Crippen LogP contribution is -2.36. The van der Waals surface area contributed by atoms with Gasteiger partial charge in [-0.15, -0.1) is 0 Å². The van der Waals surface area contributed by atoms with E-state index in [4.69, 9.17) is 23.8 Å². The molecule has 0 heterocycles. The maximum absolute atomic E-state index is 13.2. The number of nitrogens with one attached hydrogen (secondary N) is 2. The quantitative estimate of drug-likeness (QED) is 0.794. The normalized spacial score (nSPS) is 12.0. The monoisotopic (exact) mass is 351 g/mol. The van der Waals surface area contributed by atoms with Gasteiger partial charge in [-0.3, -0.25) is 0 Å². The van der Waals surface area contributed by atoms with Gasteiger partial charge in [-0.1, -0.05) is 41.9 Å². The van der Waals surface area contributed by atoms with Gasteiger partial charge >= 0.3 is 0 Å². The van der Waals surface area contributed by atoms with E-state index in [-0.39, 0.29) is 11.1 Å². The molecule has 2 N–H and O–H groups in total. The molecule has 2 rings (SSSR count). The van der Waals surface area contributed by atoms with Gasteiger partial charge < -0.3 is 15.5 Å². The fourth-order valence-corrected chi connectivity index (χ4v) is 2.59. The van der Waals surface area contributed by atoms with Crippen LogP contribution in [0.4, 0.5) is 10.1 Å². The van der Waals surface area contributed by atoms with Crippen LogP contribution in [0.15, 0.2) is 48.5 Å². The molecule has 0 saturated carbocycles. The molecule has 6 heteroatoms. The first-order valence-corrected chi connectivity index (χ1v) is 7.97. The summed E-state index contributed by atoms with van der Waals surface area (Å²) in [6.07, 6.45) is 0. The van der Waals surface area contributed by atoms with Crippen LogP contribution >= 0.6 is 23.8 Å². The molecule has 0 spiro atoms. The van der Waals surface area contributed by atoms with Crippen LogP contribution in [0.3, 0.4) is 0 Å². The third-order valence-electron chi connectivity index (χ3n) is 3.44. The Morgan fingerprint density at radius 1 is 1.22 bits per heavy atom. The van der Waals surface area contributed by atoms with Crippen molar-refractivity contribution >= 4 is 34.6 Å². The molecular formula is C17H19ClFN3S. The molecule has 23 heavy (non-hydrogen) atoms. The molecule has 0 fully saturated rings. The lowest BCUT2D eigenvalue weighted by Gasteiger charge is -2.25. The van der Waals surface area contributed by atoms with E-state index in [1.165, 1.54) is 17.7 Å². The van der Waals surface area contributed by atoms with Crippen LogP contribution in [0.25, 0.3) is 0 Å². The SMILES string of the molecule is CN(C)[C@@H](CNC(=S)Nc1ccc(F)c(Cl)c1)c1ccccc1. The maximum Gasteiger partial charge on any atom is 0.170 e. The first-order chi connectivity index (χ1) is 11.0. The highest BCUT2D eigenvalue weighted by molar-refractivity contribution is 7.80. The van der Waals surface area contributed by atoms with Crippen molar-refractivity contribution in [3.05, 3.63) is 64.9 Å². The Morgan fingerprint density at radius 2 is 1.91 bits per heavy atom. The molecule has 1 atom stereocenters. The number of halogens is 2. The van der Waals surface area contributed by atoms with Gasteiger partial charge in [-0.05, 0) is 50.1 Å². The molecule has 0 radical (unpaired) electrons. The fraction of sp³-hybridized carbons (Fsp3) is 0.235. The van der Waals surface area contributed by atoms with Crippen molar-refractivity contribution in [2.45, 2.75) is 6.04 Å². The lowest BCUT2D eigenvalue weighted by molar-refractivity contribution is 0.299. The summed E-state index contributed by atoms with van der Waals surface area (Å²) in [4.78, 5) is 2.12. The molecule has 3 nitrogen and oxygen atoms in total. The third kappa shape index (κ3) is 5.16. The summed E-state index contributed by atoms with van der Waals surface area (Å²) in [6.45, 7) is 0.651. The fourth-order valence-electron chi connectivity index (χ4n) is 2.21. The number of nitrogens with zero attached hydrogens (tertiary/aromatic N) is 1. The Kier molecular flexibility index (Phi) is 6.33. The van der Waals surface area contributed by atoms with Gasteiger partial charge in [-0.2, -0.15) is 0 Å². The van der Waals surface area contributed by atoms with Crippen molar-refractivity contribution in [1.29, 1.82) is 0 Å². The minimum atomic E-state index is -0.451. The Morgan fingerprint density at radius 3 is 2.52 bits per heavy atom. The van der Waals surface area contributed by atoms with E-state index >= 15 is 0 Å². The van der Waals surface area contributed by atoms with Crippen LogP contribution in [0.5, 0.6) is 0 Å². The first-order valence-electron chi connectivity index (χ1n) is 7.18. The smallest absolute Gasteiger partial charge is 0.170 e. The highest BCUT2D eigenvalue weighted by Crippen LogP contribution is 2.20. The van der Waals surface area contributed by atoms with Crippen LogP contribution in [-0.4, -0.2) is 30.7 Å². The molecule has 0 bridgehead atoms. The number of hydrogen-bond acceptors (Lipinski definition) is 2. The zero-order chi connectivity index (χ0) is 16.8. The van der Waals surface area contributed by atoms with Crippen molar-refractivity contribution in [1.82, 2.24) is 10.2 Å². The molecule has 2 aromatic carbocycles. The maximum atomic E-state index is 13.2. The number of hydrogen-bond donors (Lipinski definition) is 2. The molecule has 0 unspecified atom stereocenters. The molecular weight excluding hydrogens is 333 g/mol.